The van der Waals surface area contributed by atoms with Crippen molar-refractivity contribution in [1.82, 2.24) is 0 Å². The van der Waals surface area contributed by atoms with Crippen LogP contribution < -0.4 is 0 Å². The zero-order valence-electron chi connectivity index (χ0n) is 7.00. The van der Waals surface area contributed by atoms with Crippen LogP contribution in [0.15, 0.2) is 23.4 Å². The Morgan fingerprint density at radius 2 is 2.08 bits per heavy atom. The van der Waals surface area contributed by atoms with Crippen molar-refractivity contribution in [2.75, 3.05) is 0 Å². The van der Waals surface area contributed by atoms with E-state index in [0.717, 1.165) is 11.1 Å². The number of rotatable bonds is 1. The number of benzene rings is 1. The highest BCUT2D eigenvalue weighted by Crippen LogP contribution is 2.13. The van der Waals surface area contributed by atoms with Gasteiger partial charge in [0.2, 0.25) is 0 Å². The van der Waals surface area contributed by atoms with Crippen LogP contribution in [0.5, 0.6) is 0 Å². The minimum Gasteiger partial charge on any atom is -0.410 e. The molecule has 0 saturated carbocycles. The van der Waals surface area contributed by atoms with Gasteiger partial charge in [0.25, 0.3) is 0 Å². The Balaban J connectivity index is 3.18. The maximum absolute atomic E-state index is 8.44. The number of nitrogens with zero attached hydrogens (tertiary/aromatic N) is 1. The van der Waals surface area contributed by atoms with Crippen molar-refractivity contribution >= 4 is 16.8 Å². The number of oxime groups is 1. The molecule has 1 N–H and O–H groups in total. The van der Waals surface area contributed by atoms with E-state index in [0.29, 0.717) is 0 Å². The molecule has 0 radical (unpaired) electrons. The predicted octanol–water partition coefficient (Wildman–Crippen LogP) is 2.68. The van der Waals surface area contributed by atoms with Gasteiger partial charge in [0, 0.05) is 5.56 Å². The first-order chi connectivity index (χ1) is 5.65. The number of halogens is 1. The van der Waals surface area contributed by atoms with Crippen LogP contribution in [0.3, 0.4) is 0 Å². The first-order valence-corrected chi connectivity index (χ1v) is 3.98. The first kappa shape index (κ1) is 9.07. The molecule has 0 aliphatic rings. The van der Waals surface area contributed by atoms with Gasteiger partial charge in [-0.25, -0.2) is 0 Å². The second kappa shape index (κ2) is 3.59. The van der Waals surface area contributed by atoms with Gasteiger partial charge in [0.1, 0.15) is 0 Å². The van der Waals surface area contributed by atoms with Crippen LogP contribution in [0.25, 0.3) is 0 Å². The lowest BCUT2D eigenvalue weighted by molar-refractivity contribution is 0.321. The monoisotopic (exact) mass is 183 g/mol. The van der Waals surface area contributed by atoms with Gasteiger partial charge in [-0.05, 0) is 19.4 Å². The lowest BCUT2D eigenvalue weighted by atomic mass is 10.1. The summed E-state index contributed by atoms with van der Waals surface area (Å²) < 4.78 is 0. The van der Waals surface area contributed by atoms with E-state index in [1.165, 1.54) is 5.56 Å². The van der Waals surface area contributed by atoms with Crippen LogP contribution in [0.4, 0.5) is 0 Å². The van der Waals surface area contributed by atoms with Crippen LogP contribution in [0.2, 0.25) is 0 Å². The van der Waals surface area contributed by atoms with E-state index in [2.05, 4.69) is 5.16 Å². The van der Waals surface area contributed by atoms with Gasteiger partial charge < -0.3 is 5.21 Å². The zero-order chi connectivity index (χ0) is 9.14. The summed E-state index contributed by atoms with van der Waals surface area (Å²) in [7, 11) is 0. The molecule has 1 aromatic rings. The summed E-state index contributed by atoms with van der Waals surface area (Å²) in [5, 5.41) is 11.5. The quantitative estimate of drug-likeness (QED) is 0.405. The molecule has 0 amide bonds. The minimum atomic E-state index is 0.132. The van der Waals surface area contributed by atoms with Crippen LogP contribution >= 0.6 is 11.6 Å². The second-order valence-corrected chi connectivity index (χ2v) is 3.07. The van der Waals surface area contributed by atoms with Crippen molar-refractivity contribution in [3.8, 4) is 0 Å². The molecule has 1 aromatic carbocycles. The zero-order valence-corrected chi connectivity index (χ0v) is 7.76. The van der Waals surface area contributed by atoms with Crippen molar-refractivity contribution in [3.63, 3.8) is 0 Å². The van der Waals surface area contributed by atoms with E-state index in [1.807, 2.05) is 32.0 Å². The Kier molecular flexibility index (Phi) is 2.71. The van der Waals surface area contributed by atoms with Gasteiger partial charge in [-0.15, -0.1) is 0 Å². The normalized spacial score (nSPS) is 11.8. The average molecular weight is 184 g/mol. The molecule has 0 fully saturated rings. The Morgan fingerprint density at radius 1 is 1.42 bits per heavy atom. The fraction of sp³-hybridized carbons (Fsp3) is 0.222. The summed E-state index contributed by atoms with van der Waals surface area (Å²) >= 11 is 5.65. The van der Waals surface area contributed by atoms with Gasteiger partial charge in [-0.2, -0.15) is 0 Å². The maximum atomic E-state index is 8.44. The van der Waals surface area contributed by atoms with E-state index < -0.39 is 0 Å². The molecule has 3 heteroatoms. The number of hydrogen-bond donors (Lipinski definition) is 1. The van der Waals surface area contributed by atoms with E-state index in [1.54, 1.807) is 0 Å². The fourth-order valence-corrected chi connectivity index (χ4v) is 1.31. The molecule has 0 aromatic heterocycles. The highest BCUT2D eigenvalue weighted by atomic mass is 35.5. The lowest BCUT2D eigenvalue weighted by Crippen LogP contribution is -1.95. The summed E-state index contributed by atoms with van der Waals surface area (Å²) in [6.45, 7) is 3.93. The summed E-state index contributed by atoms with van der Waals surface area (Å²) in [6, 6.07) is 5.76. The fourth-order valence-electron chi connectivity index (χ4n) is 1.10. The molecule has 2 nitrogen and oxygen atoms in total. The van der Waals surface area contributed by atoms with Gasteiger partial charge in [0.05, 0.1) is 0 Å². The predicted molar refractivity (Wildman–Crippen MR) is 50.1 cm³/mol. The van der Waals surface area contributed by atoms with Crippen molar-refractivity contribution in [1.29, 1.82) is 0 Å². The highest BCUT2D eigenvalue weighted by Gasteiger charge is 2.03. The first-order valence-electron chi connectivity index (χ1n) is 3.60. The van der Waals surface area contributed by atoms with Crippen LogP contribution in [-0.4, -0.2) is 10.4 Å². The van der Waals surface area contributed by atoms with Crippen LogP contribution in [-0.2, 0) is 0 Å². The average Bonchev–Trinajstić information content (AvgIpc) is 2.03. The third-order valence-corrected chi connectivity index (χ3v) is 1.97. The van der Waals surface area contributed by atoms with Crippen molar-refractivity contribution in [3.05, 3.63) is 34.9 Å². The molecule has 0 bridgehead atoms. The van der Waals surface area contributed by atoms with Crippen molar-refractivity contribution in [2.24, 2.45) is 5.16 Å². The smallest absolute Gasteiger partial charge is 0.175 e. The highest BCUT2D eigenvalue weighted by molar-refractivity contribution is 6.69. The molecule has 64 valence electrons. The SMILES string of the molecule is Cc1ccc(/C(Cl)=N/O)c(C)c1. The summed E-state index contributed by atoms with van der Waals surface area (Å²) in [5.74, 6) is 0. The van der Waals surface area contributed by atoms with Crippen LogP contribution in [0, 0.1) is 13.8 Å². The number of aryl methyl sites for hydroxylation is 2. The number of hydrogen-bond acceptors (Lipinski definition) is 2. The van der Waals surface area contributed by atoms with E-state index in [9.17, 15) is 0 Å². The lowest BCUT2D eigenvalue weighted by Gasteiger charge is -2.02. The maximum Gasteiger partial charge on any atom is 0.175 e. The second-order valence-electron chi connectivity index (χ2n) is 2.71. The van der Waals surface area contributed by atoms with Gasteiger partial charge >= 0.3 is 0 Å². The van der Waals surface area contributed by atoms with Crippen molar-refractivity contribution < 1.29 is 5.21 Å². The third kappa shape index (κ3) is 1.77. The third-order valence-electron chi connectivity index (χ3n) is 1.69. The van der Waals surface area contributed by atoms with Gasteiger partial charge in [0.15, 0.2) is 5.17 Å². The molecule has 0 aliphatic carbocycles. The molecule has 0 spiro atoms. The molecule has 0 aliphatic heterocycles. The summed E-state index contributed by atoms with van der Waals surface area (Å²) in [6.07, 6.45) is 0. The van der Waals surface area contributed by atoms with Crippen LogP contribution in [0.1, 0.15) is 16.7 Å². The summed E-state index contributed by atoms with van der Waals surface area (Å²) in [5.41, 5.74) is 2.95. The van der Waals surface area contributed by atoms with E-state index in [4.69, 9.17) is 16.8 Å². The molecule has 1 rings (SSSR count). The molecule has 12 heavy (non-hydrogen) atoms. The standard InChI is InChI=1S/C9H10ClNO/c1-6-3-4-8(7(2)5-6)9(10)11-12/h3-5,12H,1-2H3/b11-9-. The molecular formula is C9H10ClNO. The Labute approximate surface area is 76.5 Å². The van der Waals surface area contributed by atoms with E-state index >= 15 is 0 Å². The molecule has 0 atom stereocenters. The van der Waals surface area contributed by atoms with E-state index in [-0.39, 0.29) is 5.17 Å². The molecular weight excluding hydrogens is 174 g/mol. The Bertz CT molecular complexity index is 320. The van der Waals surface area contributed by atoms with Crippen molar-refractivity contribution in [2.45, 2.75) is 13.8 Å². The molecule has 0 unspecified atom stereocenters. The Morgan fingerprint density at radius 3 is 2.58 bits per heavy atom. The minimum absolute atomic E-state index is 0.132. The van der Waals surface area contributed by atoms with Gasteiger partial charge in [-0.1, -0.05) is 40.5 Å². The molecule has 0 saturated heterocycles. The topological polar surface area (TPSA) is 32.6 Å². The van der Waals surface area contributed by atoms with Gasteiger partial charge in [-0.3, -0.25) is 0 Å². The summed E-state index contributed by atoms with van der Waals surface area (Å²) in [4.78, 5) is 0. The Hall–Kier alpha value is -1.02. The molecule has 0 heterocycles. The largest absolute Gasteiger partial charge is 0.410 e.